The lowest BCUT2D eigenvalue weighted by atomic mass is 9.97. The predicted molar refractivity (Wildman–Crippen MR) is 110 cm³/mol. The molecule has 9 nitrogen and oxygen atoms in total. The van der Waals surface area contributed by atoms with Gasteiger partial charge in [-0.3, -0.25) is 14.0 Å². The molecular weight excluding hydrogens is 439 g/mol. The first kappa shape index (κ1) is 21.0. The Morgan fingerprint density at radius 3 is 2.73 bits per heavy atom. The van der Waals surface area contributed by atoms with Crippen LogP contribution in [0.15, 0.2) is 47.4 Å². The van der Waals surface area contributed by atoms with Crippen LogP contribution in [0.1, 0.15) is 30.1 Å². The van der Waals surface area contributed by atoms with E-state index in [1.54, 1.807) is 29.2 Å². The molecule has 1 saturated heterocycles. The molecule has 0 aliphatic carbocycles. The summed E-state index contributed by atoms with van der Waals surface area (Å²) in [5, 5.41) is 16.3. The zero-order valence-corrected chi connectivity index (χ0v) is 17.2. The lowest BCUT2D eigenvalue weighted by molar-refractivity contribution is -0.138. The Labute approximate surface area is 184 Å². The molecule has 0 saturated carbocycles. The number of fused-ring (bicyclic) bond motifs is 2. The van der Waals surface area contributed by atoms with E-state index in [9.17, 15) is 22.8 Å². The van der Waals surface area contributed by atoms with Crippen LogP contribution in [0.25, 0.3) is 16.6 Å². The van der Waals surface area contributed by atoms with Crippen LogP contribution in [-0.4, -0.2) is 53.5 Å². The van der Waals surface area contributed by atoms with Crippen LogP contribution >= 0.6 is 0 Å². The van der Waals surface area contributed by atoms with E-state index in [2.05, 4.69) is 20.5 Å². The van der Waals surface area contributed by atoms with E-state index in [1.165, 1.54) is 10.5 Å². The first-order chi connectivity index (χ1) is 15.8. The number of piperidine rings is 1. The van der Waals surface area contributed by atoms with Gasteiger partial charge in [0.1, 0.15) is 17.9 Å². The molecule has 1 aromatic carbocycles. The number of carbonyl (C=O) groups excluding carboxylic acids is 1. The summed E-state index contributed by atoms with van der Waals surface area (Å²) in [5.74, 6) is -0.243. The Hall–Kier alpha value is -3.83. The molecule has 0 spiro atoms. The fourth-order valence-electron chi connectivity index (χ4n) is 4.12. The second-order valence-corrected chi connectivity index (χ2v) is 7.95. The number of hydrogen-bond donors (Lipinski definition) is 0. The number of nitrogens with zero attached hydrogens (tertiary/aromatic N) is 7. The Kier molecular flexibility index (Phi) is 5.06. The summed E-state index contributed by atoms with van der Waals surface area (Å²) < 4.78 is 41.8. The van der Waals surface area contributed by atoms with Gasteiger partial charge in [-0.25, -0.2) is 4.68 Å². The van der Waals surface area contributed by atoms with Crippen molar-refractivity contribution in [1.82, 2.24) is 34.5 Å². The molecule has 3 aromatic heterocycles. The van der Waals surface area contributed by atoms with Crippen LogP contribution in [0, 0.1) is 0 Å². The predicted octanol–water partition coefficient (Wildman–Crippen LogP) is 2.26. The summed E-state index contributed by atoms with van der Waals surface area (Å²) in [5.41, 5.74) is -0.458. The molecule has 0 bridgehead atoms. The van der Waals surface area contributed by atoms with Gasteiger partial charge in [-0.15, -0.1) is 15.3 Å². The summed E-state index contributed by atoms with van der Waals surface area (Å²) >= 11 is 0. The van der Waals surface area contributed by atoms with Crippen molar-refractivity contribution in [2.24, 2.45) is 0 Å². The third kappa shape index (κ3) is 3.92. The highest BCUT2D eigenvalue weighted by molar-refractivity contribution is 5.78. The van der Waals surface area contributed by atoms with Crippen LogP contribution in [0.2, 0.25) is 0 Å². The third-order valence-electron chi connectivity index (χ3n) is 5.81. The molecule has 1 fully saturated rings. The average Bonchev–Trinajstić information content (AvgIpc) is 3.24. The van der Waals surface area contributed by atoms with Gasteiger partial charge >= 0.3 is 6.18 Å². The molecule has 12 heteroatoms. The van der Waals surface area contributed by atoms with Crippen molar-refractivity contribution in [2.75, 3.05) is 13.1 Å². The van der Waals surface area contributed by atoms with E-state index in [1.807, 2.05) is 0 Å². The minimum Gasteiger partial charge on any atom is -0.340 e. The lowest BCUT2D eigenvalue weighted by Crippen LogP contribution is -2.43. The zero-order valence-electron chi connectivity index (χ0n) is 17.2. The number of alkyl halides is 3. The molecule has 5 rings (SSSR count). The Balaban J connectivity index is 1.38. The second-order valence-electron chi connectivity index (χ2n) is 7.95. The second kappa shape index (κ2) is 7.94. The van der Waals surface area contributed by atoms with Gasteiger partial charge in [0.05, 0.1) is 10.9 Å². The number of benzene rings is 1. The van der Waals surface area contributed by atoms with Gasteiger partial charge in [0, 0.05) is 25.2 Å². The van der Waals surface area contributed by atoms with Crippen molar-refractivity contribution in [3.05, 3.63) is 64.3 Å². The number of likely N-dealkylation sites (tertiary alicyclic amines) is 1. The molecule has 1 aliphatic heterocycles. The lowest BCUT2D eigenvalue weighted by Gasteiger charge is -2.32. The average molecular weight is 457 g/mol. The molecule has 4 heterocycles. The third-order valence-corrected chi connectivity index (χ3v) is 5.81. The number of amides is 1. The first-order valence-electron chi connectivity index (χ1n) is 10.3. The van der Waals surface area contributed by atoms with Gasteiger partial charge in [-0.05, 0) is 37.1 Å². The number of halogens is 3. The van der Waals surface area contributed by atoms with E-state index < -0.39 is 17.3 Å². The topological polar surface area (TPSA) is 98.3 Å². The highest BCUT2D eigenvalue weighted by Crippen LogP contribution is 2.31. The molecule has 1 amide bonds. The number of hydrogen-bond acceptors (Lipinski definition) is 6. The monoisotopic (exact) mass is 457 g/mol. The molecule has 170 valence electrons. The Bertz CT molecular complexity index is 1410. The number of rotatable bonds is 3. The summed E-state index contributed by atoms with van der Waals surface area (Å²) in [6.07, 6.45) is -2.22. The molecule has 4 aromatic rings. The largest absolute Gasteiger partial charge is 0.417 e. The first-order valence-corrected chi connectivity index (χ1v) is 10.3. The molecule has 1 unspecified atom stereocenters. The highest BCUT2D eigenvalue weighted by atomic mass is 19.4. The summed E-state index contributed by atoms with van der Waals surface area (Å²) in [6.45, 7) is 0.448. The van der Waals surface area contributed by atoms with Gasteiger partial charge in [0.2, 0.25) is 5.91 Å². The molecule has 1 aliphatic rings. The maximum atomic E-state index is 13.2. The van der Waals surface area contributed by atoms with E-state index in [4.69, 9.17) is 0 Å². The Morgan fingerprint density at radius 2 is 1.91 bits per heavy atom. The number of aromatic nitrogens is 6. The van der Waals surface area contributed by atoms with Crippen molar-refractivity contribution < 1.29 is 18.0 Å². The summed E-state index contributed by atoms with van der Waals surface area (Å²) in [7, 11) is 0. The van der Waals surface area contributed by atoms with Crippen LogP contribution in [-0.2, 0) is 17.5 Å². The van der Waals surface area contributed by atoms with Crippen LogP contribution in [0.5, 0.6) is 0 Å². The van der Waals surface area contributed by atoms with Gasteiger partial charge < -0.3 is 4.90 Å². The molecular formula is C21H18F3N7O2. The standard InChI is InChI=1S/C21H18F3N7O2/c22-21(23,24)14-7-8-17-26-27-19(30(17)11-14)13-4-3-9-29(10-13)18(32)12-31-20(33)15-5-1-2-6-16(15)25-28-31/h1-2,5-8,11,13H,3-4,9-10,12H2. The quantitative estimate of drug-likeness (QED) is 0.468. The molecule has 0 radical (unpaired) electrons. The Morgan fingerprint density at radius 1 is 1.09 bits per heavy atom. The minimum atomic E-state index is -4.49. The summed E-state index contributed by atoms with van der Waals surface area (Å²) in [4.78, 5) is 27.1. The minimum absolute atomic E-state index is 0.256. The maximum absolute atomic E-state index is 13.2. The fourth-order valence-corrected chi connectivity index (χ4v) is 4.12. The van der Waals surface area contributed by atoms with Crippen molar-refractivity contribution >= 4 is 22.5 Å². The van der Waals surface area contributed by atoms with Gasteiger partial charge in [0.15, 0.2) is 5.65 Å². The maximum Gasteiger partial charge on any atom is 0.417 e. The van der Waals surface area contributed by atoms with Crippen LogP contribution < -0.4 is 5.56 Å². The van der Waals surface area contributed by atoms with Gasteiger partial charge in [-0.1, -0.05) is 17.3 Å². The van der Waals surface area contributed by atoms with Gasteiger partial charge in [-0.2, -0.15) is 13.2 Å². The van der Waals surface area contributed by atoms with Crippen molar-refractivity contribution in [3.63, 3.8) is 0 Å². The van der Waals surface area contributed by atoms with Gasteiger partial charge in [0.25, 0.3) is 5.56 Å². The molecule has 1 atom stereocenters. The highest BCUT2D eigenvalue weighted by Gasteiger charge is 2.33. The fraction of sp³-hybridized carbons (Fsp3) is 0.333. The summed E-state index contributed by atoms with van der Waals surface area (Å²) in [6, 6.07) is 8.97. The van der Waals surface area contributed by atoms with E-state index in [-0.39, 0.29) is 24.9 Å². The van der Waals surface area contributed by atoms with E-state index in [0.717, 1.165) is 16.9 Å². The van der Waals surface area contributed by atoms with Crippen LogP contribution in [0.3, 0.4) is 0 Å². The van der Waals surface area contributed by atoms with Crippen molar-refractivity contribution in [2.45, 2.75) is 31.5 Å². The SMILES string of the molecule is O=C(Cn1nnc2ccccc2c1=O)N1CCCC(c2nnc3ccc(C(F)(F)F)cn23)C1. The molecule has 33 heavy (non-hydrogen) atoms. The smallest absolute Gasteiger partial charge is 0.340 e. The zero-order chi connectivity index (χ0) is 23.2. The van der Waals surface area contributed by atoms with Crippen LogP contribution in [0.4, 0.5) is 13.2 Å². The molecule has 0 N–H and O–H groups in total. The van der Waals surface area contributed by atoms with E-state index in [0.29, 0.717) is 41.8 Å². The number of pyridine rings is 1. The van der Waals surface area contributed by atoms with E-state index >= 15 is 0 Å². The normalized spacial score (nSPS) is 17.1. The van der Waals surface area contributed by atoms with Crippen molar-refractivity contribution in [3.8, 4) is 0 Å². The number of carbonyl (C=O) groups is 1. The van der Waals surface area contributed by atoms with Crippen molar-refractivity contribution in [1.29, 1.82) is 0 Å².